The molecule has 0 saturated heterocycles. The van der Waals surface area contributed by atoms with Crippen LogP contribution in [-0.4, -0.2) is 35.1 Å². The fourth-order valence-electron chi connectivity index (χ4n) is 3.92. The highest BCUT2D eigenvalue weighted by atomic mass is 79.9. The van der Waals surface area contributed by atoms with E-state index >= 15 is 0 Å². The largest absolute Gasteiger partial charge is 0.481 e. The number of ketones is 2. The van der Waals surface area contributed by atoms with Crippen molar-refractivity contribution in [3.63, 3.8) is 0 Å². The minimum atomic E-state index is -0.998. The molecular weight excluding hydrogens is 534 g/mol. The quantitative estimate of drug-likeness (QED) is 0.286. The maximum absolute atomic E-state index is 13.6. The van der Waals surface area contributed by atoms with Gasteiger partial charge < -0.3 is 10.4 Å². The van der Waals surface area contributed by atoms with E-state index in [9.17, 15) is 19.2 Å². The zero-order valence-corrected chi connectivity index (χ0v) is 22.7. The third-order valence-electron chi connectivity index (χ3n) is 6.09. The molecule has 3 aromatic carbocycles. The Morgan fingerprint density at radius 3 is 2.05 bits per heavy atom. The van der Waals surface area contributed by atoms with Crippen LogP contribution < -0.4 is 5.32 Å². The molecule has 0 aliphatic rings. The van der Waals surface area contributed by atoms with Crippen LogP contribution in [-0.2, 0) is 10.2 Å². The predicted octanol–water partition coefficient (Wildman–Crippen LogP) is 6.19. The molecule has 0 spiro atoms. The van der Waals surface area contributed by atoms with Crippen LogP contribution in [0.4, 0.5) is 0 Å². The van der Waals surface area contributed by atoms with E-state index in [0.717, 1.165) is 10.0 Å². The Kier molecular flexibility index (Phi) is 9.16. The molecule has 7 heteroatoms. The molecule has 3 aromatic rings. The zero-order chi connectivity index (χ0) is 27.2. The molecule has 0 heterocycles. The van der Waals surface area contributed by atoms with E-state index in [0.29, 0.717) is 22.3 Å². The molecule has 0 aliphatic heterocycles. The Morgan fingerprint density at radius 2 is 1.49 bits per heavy atom. The third kappa shape index (κ3) is 7.70. The number of Topliss-reactive ketones (excluding diaryl/α,β-unsaturated/α-hetero) is 2. The topological polar surface area (TPSA) is 101 Å². The molecule has 3 rings (SSSR count). The van der Waals surface area contributed by atoms with Gasteiger partial charge in [0.1, 0.15) is 0 Å². The zero-order valence-electron chi connectivity index (χ0n) is 21.1. The lowest BCUT2D eigenvalue weighted by molar-refractivity contribution is -0.136. The van der Waals surface area contributed by atoms with Gasteiger partial charge in [0.25, 0.3) is 5.91 Å². The first-order valence-electron chi connectivity index (χ1n) is 12.0. The van der Waals surface area contributed by atoms with Gasteiger partial charge in [-0.1, -0.05) is 85.2 Å². The van der Waals surface area contributed by atoms with E-state index < -0.39 is 17.8 Å². The summed E-state index contributed by atoms with van der Waals surface area (Å²) in [5.74, 6) is -2.49. The molecule has 1 amide bonds. The van der Waals surface area contributed by atoms with Crippen molar-refractivity contribution in [2.24, 2.45) is 0 Å². The summed E-state index contributed by atoms with van der Waals surface area (Å²) in [6, 6.07) is 21.0. The number of carboxylic acid groups (broad SMARTS) is 1. The maximum Gasteiger partial charge on any atom is 0.305 e. The van der Waals surface area contributed by atoms with Crippen molar-refractivity contribution < 1.29 is 24.3 Å². The lowest BCUT2D eigenvalue weighted by Crippen LogP contribution is -2.26. The van der Waals surface area contributed by atoms with Gasteiger partial charge in [0.2, 0.25) is 0 Å². The van der Waals surface area contributed by atoms with Gasteiger partial charge in [-0.25, -0.2) is 0 Å². The highest BCUT2D eigenvalue weighted by Gasteiger charge is 2.26. The minimum absolute atomic E-state index is 0.0163. The summed E-state index contributed by atoms with van der Waals surface area (Å²) in [5, 5.41) is 11.3. The van der Waals surface area contributed by atoms with E-state index in [1.165, 1.54) is 0 Å². The number of rotatable bonds is 10. The Bertz CT molecular complexity index is 1290. The molecule has 37 heavy (non-hydrogen) atoms. The van der Waals surface area contributed by atoms with Gasteiger partial charge in [0.15, 0.2) is 11.6 Å². The molecule has 2 N–H and O–H groups in total. The smallest absolute Gasteiger partial charge is 0.305 e. The number of nitrogens with one attached hydrogen (secondary N) is 1. The molecule has 6 nitrogen and oxygen atoms in total. The SMILES string of the molecule is CC(C)(C)c1ccc(C(=O)CC(C(=O)c2cccc(Br)c2)c2ccc(C(=O)NCCC(=O)O)cc2)cc1. The first-order chi connectivity index (χ1) is 17.5. The summed E-state index contributed by atoms with van der Waals surface area (Å²) in [7, 11) is 0. The summed E-state index contributed by atoms with van der Waals surface area (Å²) in [6.07, 6.45) is -0.198. The van der Waals surface area contributed by atoms with Crippen molar-refractivity contribution in [2.45, 2.75) is 44.9 Å². The molecule has 0 aliphatic carbocycles. The van der Waals surface area contributed by atoms with Gasteiger partial charge in [0, 0.05) is 34.1 Å². The Morgan fingerprint density at radius 1 is 0.865 bits per heavy atom. The minimum Gasteiger partial charge on any atom is -0.481 e. The fourth-order valence-corrected chi connectivity index (χ4v) is 4.32. The van der Waals surface area contributed by atoms with Crippen molar-refractivity contribution in [1.29, 1.82) is 0 Å². The molecule has 1 unspecified atom stereocenters. The third-order valence-corrected chi connectivity index (χ3v) is 6.58. The van der Waals surface area contributed by atoms with Crippen LogP contribution in [0, 0.1) is 0 Å². The van der Waals surface area contributed by atoms with Gasteiger partial charge in [-0.3, -0.25) is 19.2 Å². The predicted molar refractivity (Wildman–Crippen MR) is 146 cm³/mol. The highest BCUT2D eigenvalue weighted by Crippen LogP contribution is 2.29. The van der Waals surface area contributed by atoms with E-state index in [4.69, 9.17) is 5.11 Å². The maximum atomic E-state index is 13.6. The summed E-state index contributed by atoms with van der Waals surface area (Å²) >= 11 is 3.40. The number of carbonyl (C=O) groups is 4. The van der Waals surface area contributed by atoms with Crippen molar-refractivity contribution in [2.75, 3.05) is 6.54 Å². The normalized spacial score (nSPS) is 12.0. The summed E-state index contributed by atoms with van der Waals surface area (Å²) in [4.78, 5) is 49.8. The van der Waals surface area contributed by atoms with Crippen molar-refractivity contribution in [3.05, 3.63) is 105 Å². The second-order valence-electron chi connectivity index (χ2n) is 9.90. The van der Waals surface area contributed by atoms with Crippen LogP contribution in [0.2, 0.25) is 0 Å². The second-order valence-corrected chi connectivity index (χ2v) is 10.8. The van der Waals surface area contributed by atoms with Crippen LogP contribution in [0.1, 0.15) is 81.7 Å². The average molecular weight is 564 g/mol. The van der Waals surface area contributed by atoms with E-state index in [-0.39, 0.29) is 36.4 Å². The van der Waals surface area contributed by atoms with Gasteiger partial charge >= 0.3 is 5.97 Å². The first kappa shape index (κ1) is 28.0. The summed E-state index contributed by atoms with van der Waals surface area (Å²) in [6.45, 7) is 6.33. The molecule has 1 atom stereocenters. The standard InChI is InChI=1S/C30H30BrNO5/c1-30(2,3)23-13-11-20(12-14-23)26(33)18-25(28(36)22-5-4-6-24(31)17-22)19-7-9-21(10-8-19)29(37)32-16-15-27(34)35/h4-14,17,25H,15-16,18H2,1-3H3,(H,32,37)(H,34,35). The molecule has 0 bridgehead atoms. The molecule has 0 fully saturated rings. The number of aliphatic carboxylic acids is 1. The van der Waals surface area contributed by atoms with Gasteiger partial charge in [-0.05, 0) is 40.8 Å². The van der Waals surface area contributed by atoms with Crippen LogP contribution in [0.3, 0.4) is 0 Å². The molecular formula is C30H30BrNO5. The van der Waals surface area contributed by atoms with Crippen molar-refractivity contribution in [3.8, 4) is 0 Å². The van der Waals surface area contributed by atoms with Gasteiger partial charge in [-0.2, -0.15) is 0 Å². The average Bonchev–Trinajstić information content (AvgIpc) is 2.86. The number of hydrogen-bond donors (Lipinski definition) is 2. The van der Waals surface area contributed by atoms with Crippen molar-refractivity contribution >= 4 is 39.4 Å². The monoisotopic (exact) mass is 563 g/mol. The van der Waals surface area contributed by atoms with E-state index in [2.05, 4.69) is 42.0 Å². The van der Waals surface area contributed by atoms with Gasteiger partial charge in [-0.15, -0.1) is 0 Å². The summed E-state index contributed by atoms with van der Waals surface area (Å²) < 4.78 is 0.759. The molecule has 192 valence electrons. The van der Waals surface area contributed by atoms with Crippen LogP contribution in [0.5, 0.6) is 0 Å². The van der Waals surface area contributed by atoms with E-state index in [1.54, 1.807) is 54.6 Å². The van der Waals surface area contributed by atoms with E-state index in [1.807, 2.05) is 18.2 Å². The lowest BCUT2D eigenvalue weighted by Gasteiger charge is -2.20. The highest BCUT2D eigenvalue weighted by molar-refractivity contribution is 9.10. The summed E-state index contributed by atoms with van der Waals surface area (Å²) in [5.41, 5.74) is 3.05. The number of carboxylic acids is 1. The number of amides is 1. The number of halogens is 1. The van der Waals surface area contributed by atoms with Crippen LogP contribution in [0.25, 0.3) is 0 Å². The molecule has 0 radical (unpaired) electrons. The fraction of sp³-hybridized carbons (Fsp3) is 0.267. The number of hydrogen-bond acceptors (Lipinski definition) is 4. The first-order valence-corrected chi connectivity index (χ1v) is 12.8. The van der Waals surface area contributed by atoms with Gasteiger partial charge in [0.05, 0.1) is 12.3 Å². The Hall–Kier alpha value is -3.58. The number of carbonyl (C=O) groups excluding carboxylic acids is 3. The Labute approximate surface area is 225 Å². The number of benzene rings is 3. The molecule has 0 aromatic heterocycles. The Balaban J connectivity index is 1.87. The molecule has 0 saturated carbocycles. The van der Waals surface area contributed by atoms with Crippen LogP contribution in [0.15, 0.2) is 77.3 Å². The lowest BCUT2D eigenvalue weighted by atomic mass is 9.83. The van der Waals surface area contributed by atoms with Crippen LogP contribution >= 0.6 is 15.9 Å². The second kappa shape index (κ2) is 12.1. The van der Waals surface area contributed by atoms with Crippen molar-refractivity contribution in [1.82, 2.24) is 5.32 Å².